The second-order valence-electron chi connectivity index (χ2n) is 9.05. The van der Waals surface area contributed by atoms with Gasteiger partial charge in [0.15, 0.2) is 11.5 Å². The molecular weight excluding hydrogens is 447 g/mol. The third-order valence-electron chi connectivity index (χ3n) is 6.87. The second kappa shape index (κ2) is 9.56. The number of allylic oxidation sites excluding steroid dienone is 1. The van der Waals surface area contributed by atoms with Gasteiger partial charge in [0.05, 0.1) is 12.6 Å². The molecule has 184 valence electrons. The van der Waals surface area contributed by atoms with Crippen LogP contribution >= 0.6 is 0 Å². The molecule has 1 saturated carbocycles. The first-order valence-electron chi connectivity index (χ1n) is 12.3. The Balaban J connectivity index is 1.62. The number of ether oxygens (including phenoxy) is 1. The summed E-state index contributed by atoms with van der Waals surface area (Å²) in [6.45, 7) is 5.30. The molecule has 8 nitrogen and oxygen atoms in total. The minimum atomic E-state index is -0.356. The highest BCUT2D eigenvalue weighted by molar-refractivity contribution is 5.94. The van der Waals surface area contributed by atoms with Crippen LogP contribution in [0.5, 0.6) is 0 Å². The van der Waals surface area contributed by atoms with Crippen LogP contribution in [-0.4, -0.2) is 40.8 Å². The molecular formula is C26H31FN6O2. The smallest absolute Gasteiger partial charge is 0.320 e. The van der Waals surface area contributed by atoms with E-state index in [0.29, 0.717) is 23.6 Å². The van der Waals surface area contributed by atoms with Crippen LogP contribution < -0.4 is 15.5 Å². The van der Waals surface area contributed by atoms with Gasteiger partial charge in [0, 0.05) is 19.8 Å². The second-order valence-corrected chi connectivity index (χ2v) is 9.05. The molecule has 1 atom stereocenters. The van der Waals surface area contributed by atoms with Crippen molar-refractivity contribution in [1.82, 2.24) is 19.9 Å². The van der Waals surface area contributed by atoms with Gasteiger partial charge in [-0.15, -0.1) is 5.10 Å². The molecule has 2 N–H and O–H groups in total. The predicted octanol–water partition coefficient (Wildman–Crippen LogP) is 5.20. The molecule has 2 aromatic heterocycles. The number of carbonyl (C=O) groups excluding carboxylic acids is 1. The lowest BCUT2D eigenvalue weighted by Gasteiger charge is -2.27. The average molecular weight is 479 g/mol. The number of rotatable bonds is 6. The van der Waals surface area contributed by atoms with Gasteiger partial charge in [0.2, 0.25) is 0 Å². The van der Waals surface area contributed by atoms with Gasteiger partial charge >= 0.3 is 6.03 Å². The molecule has 1 aliphatic heterocycles. The molecule has 0 bridgehead atoms. The SMILES string of the molecule is CCOC(=C1CCC1)c1c(NC(=O)NC)nn2ccc(N3CCCC3c3cc(F)ccc3C)nc12. The molecule has 9 heteroatoms. The van der Waals surface area contributed by atoms with Crippen LogP contribution in [0.3, 0.4) is 0 Å². The van der Waals surface area contributed by atoms with Crippen LogP contribution in [0.1, 0.15) is 61.8 Å². The summed E-state index contributed by atoms with van der Waals surface area (Å²) in [5.74, 6) is 1.74. The van der Waals surface area contributed by atoms with Gasteiger partial charge in [-0.05, 0) is 80.9 Å². The maximum absolute atomic E-state index is 14.1. The van der Waals surface area contributed by atoms with Crippen LogP contribution in [0.2, 0.25) is 0 Å². The Morgan fingerprint density at radius 3 is 2.80 bits per heavy atom. The van der Waals surface area contributed by atoms with Gasteiger partial charge < -0.3 is 15.0 Å². The Bertz CT molecular complexity index is 1290. The maximum Gasteiger partial charge on any atom is 0.320 e. The van der Waals surface area contributed by atoms with Crippen molar-refractivity contribution in [3.05, 3.63) is 58.5 Å². The van der Waals surface area contributed by atoms with Crippen LogP contribution in [-0.2, 0) is 4.74 Å². The molecule has 1 unspecified atom stereocenters. The van der Waals surface area contributed by atoms with Crippen LogP contribution in [0.4, 0.5) is 20.8 Å². The van der Waals surface area contributed by atoms with E-state index in [1.807, 2.05) is 32.2 Å². The Hall–Kier alpha value is -3.62. The highest BCUT2D eigenvalue weighted by Crippen LogP contribution is 2.40. The molecule has 5 rings (SSSR count). The zero-order valence-electron chi connectivity index (χ0n) is 20.4. The van der Waals surface area contributed by atoms with Gasteiger partial charge in [-0.3, -0.25) is 5.32 Å². The lowest BCUT2D eigenvalue weighted by molar-refractivity contribution is 0.254. The summed E-state index contributed by atoms with van der Waals surface area (Å²) in [5, 5.41) is 10.0. The van der Waals surface area contributed by atoms with Crippen molar-refractivity contribution in [3.63, 3.8) is 0 Å². The topological polar surface area (TPSA) is 83.8 Å². The molecule has 3 heterocycles. The van der Waals surface area contributed by atoms with E-state index in [1.54, 1.807) is 17.6 Å². The molecule has 2 aliphatic rings. The van der Waals surface area contributed by atoms with Gasteiger partial charge in [0.1, 0.15) is 23.0 Å². The minimum absolute atomic E-state index is 0.0480. The Labute approximate surface area is 204 Å². The van der Waals surface area contributed by atoms with Gasteiger partial charge in [0.25, 0.3) is 0 Å². The number of benzene rings is 1. The average Bonchev–Trinajstić information content (AvgIpc) is 3.43. The fourth-order valence-corrected chi connectivity index (χ4v) is 4.96. The van der Waals surface area contributed by atoms with Crippen molar-refractivity contribution >= 4 is 29.1 Å². The molecule has 1 saturated heterocycles. The molecule has 35 heavy (non-hydrogen) atoms. The van der Waals surface area contributed by atoms with E-state index in [0.717, 1.165) is 61.4 Å². The highest BCUT2D eigenvalue weighted by atomic mass is 19.1. The number of aryl methyl sites for hydroxylation is 1. The summed E-state index contributed by atoms with van der Waals surface area (Å²) in [6.07, 6.45) is 6.82. The van der Waals surface area contributed by atoms with E-state index in [9.17, 15) is 9.18 Å². The fraction of sp³-hybridized carbons (Fsp3) is 0.423. The molecule has 1 aromatic carbocycles. The lowest BCUT2D eigenvalue weighted by Crippen LogP contribution is -2.25. The Kier molecular flexibility index (Phi) is 6.32. The maximum atomic E-state index is 14.1. The van der Waals surface area contributed by atoms with Crippen molar-refractivity contribution < 1.29 is 13.9 Å². The number of urea groups is 1. The van der Waals surface area contributed by atoms with Gasteiger partial charge in [-0.2, -0.15) is 0 Å². The molecule has 2 amide bonds. The Morgan fingerprint density at radius 2 is 2.09 bits per heavy atom. The zero-order valence-corrected chi connectivity index (χ0v) is 20.4. The van der Waals surface area contributed by atoms with Crippen molar-refractivity contribution in [2.45, 2.75) is 52.0 Å². The van der Waals surface area contributed by atoms with E-state index < -0.39 is 0 Å². The summed E-state index contributed by atoms with van der Waals surface area (Å²) in [7, 11) is 1.57. The zero-order chi connectivity index (χ0) is 24.5. The lowest BCUT2D eigenvalue weighted by atomic mass is 9.89. The number of anilines is 2. The van der Waals surface area contributed by atoms with E-state index in [-0.39, 0.29) is 17.9 Å². The normalized spacial score (nSPS) is 17.4. The summed E-state index contributed by atoms with van der Waals surface area (Å²) in [5.41, 5.74) is 4.60. The summed E-state index contributed by atoms with van der Waals surface area (Å²) in [6, 6.07) is 6.60. The first-order valence-corrected chi connectivity index (χ1v) is 12.3. The van der Waals surface area contributed by atoms with Gasteiger partial charge in [-0.25, -0.2) is 18.7 Å². The number of halogens is 1. The highest BCUT2D eigenvalue weighted by Gasteiger charge is 2.31. The predicted molar refractivity (Wildman–Crippen MR) is 134 cm³/mol. The van der Waals surface area contributed by atoms with E-state index >= 15 is 0 Å². The molecule has 1 aliphatic carbocycles. The first kappa shape index (κ1) is 23.1. The number of carbonyl (C=O) groups is 1. The number of fused-ring (bicyclic) bond motifs is 1. The van der Waals surface area contributed by atoms with Crippen LogP contribution in [0.15, 0.2) is 36.0 Å². The number of aromatic nitrogens is 3. The summed E-state index contributed by atoms with van der Waals surface area (Å²) < 4.78 is 21.9. The molecule has 2 fully saturated rings. The third-order valence-corrected chi connectivity index (χ3v) is 6.87. The van der Waals surface area contributed by atoms with Crippen molar-refractivity contribution in [3.8, 4) is 0 Å². The molecule has 0 radical (unpaired) electrons. The summed E-state index contributed by atoms with van der Waals surface area (Å²) in [4.78, 5) is 19.5. The third kappa shape index (κ3) is 4.31. The van der Waals surface area contributed by atoms with Crippen molar-refractivity contribution in [2.75, 3.05) is 30.4 Å². The van der Waals surface area contributed by atoms with E-state index in [1.165, 1.54) is 11.6 Å². The van der Waals surface area contributed by atoms with Crippen LogP contribution in [0, 0.1) is 12.7 Å². The first-order chi connectivity index (χ1) is 17.0. The van der Waals surface area contributed by atoms with Crippen LogP contribution in [0.25, 0.3) is 11.4 Å². The van der Waals surface area contributed by atoms with Crippen molar-refractivity contribution in [2.24, 2.45) is 0 Å². The number of hydrogen-bond acceptors (Lipinski definition) is 5. The monoisotopic (exact) mass is 478 g/mol. The quantitative estimate of drug-likeness (QED) is 0.476. The number of nitrogens with one attached hydrogen (secondary N) is 2. The van der Waals surface area contributed by atoms with E-state index in [2.05, 4.69) is 20.6 Å². The Morgan fingerprint density at radius 1 is 1.26 bits per heavy atom. The molecule has 3 aromatic rings. The van der Waals surface area contributed by atoms with Crippen molar-refractivity contribution in [1.29, 1.82) is 0 Å². The largest absolute Gasteiger partial charge is 0.493 e. The fourth-order valence-electron chi connectivity index (χ4n) is 4.96. The summed E-state index contributed by atoms with van der Waals surface area (Å²) >= 11 is 0. The van der Waals surface area contributed by atoms with E-state index in [4.69, 9.17) is 9.72 Å². The number of amides is 2. The standard InChI is InChI=1S/C26H31FN6O2/c1-4-35-23(17-7-5-8-17)22-24(30-26(34)28-3)31-33-14-12-21(29-25(22)33)32-13-6-9-20(32)19-15-18(27)11-10-16(19)2/h10-12,14-15,20H,4-9,13H2,1-3H3,(H2,28,30,31,34). The number of hydrogen-bond donors (Lipinski definition) is 2. The number of nitrogens with zero attached hydrogens (tertiary/aromatic N) is 4. The minimum Gasteiger partial charge on any atom is -0.493 e. The molecule has 0 spiro atoms. The van der Waals surface area contributed by atoms with Gasteiger partial charge in [-0.1, -0.05) is 6.07 Å².